The standard InChI is InChI=1S/C19H19ClN2O4/c1-11-7-17-12(8-13(11)20)15(23)9-18(26-17)19(24)21-10-14(22(2)3)16-5-4-6-25-16/h4-9,14H,10H2,1-3H3,(H,21,24)/t14-/m1/s1. The third kappa shape index (κ3) is 3.66. The van der Waals surface area contributed by atoms with Gasteiger partial charge in [-0.25, -0.2) is 0 Å². The van der Waals surface area contributed by atoms with Crippen LogP contribution in [0.1, 0.15) is 27.9 Å². The van der Waals surface area contributed by atoms with Crippen LogP contribution in [-0.2, 0) is 0 Å². The van der Waals surface area contributed by atoms with E-state index in [1.807, 2.05) is 25.1 Å². The molecule has 0 aliphatic carbocycles. The second kappa shape index (κ2) is 7.35. The second-order valence-electron chi connectivity index (χ2n) is 6.28. The first-order valence-corrected chi connectivity index (χ1v) is 8.46. The maximum Gasteiger partial charge on any atom is 0.287 e. The van der Waals surface area contributed by atoms with Crippen LogP contribution in [0, 0.1) is 6.92 Å². The van der Waals surface area contributed by atoms with E-state index in [1.165, 1.54) is 6.07 Å². The predicted octanol–water partition coefficient (Wildman–Crippen LogP) is 3.38. The number of carbonyl (C=O) groups is 1. The van der Waals surface area contributed by atoms with Gasteiger partial charge in [-0.1, -0.05) is 11.6 Å². The van der Waals surface area contributed by atoms with Crippen LogP contribution in [-0.4, -0.2) is 31.4 Å². The Morgan fingerprint density at radius 3 is 2.73 bits per heavy atom. The van der Waals surface area contributed by atoms with Gasteiger partial charge in [0.2, 0.25) is 0 Å². The van der Waals surface area contributed by atoms with E-state index in [-0.39, 0.29) is 17.2 Å². The van der Waals surface area contributed by atoms with Crippen molar-refractivity contribution in [2.24, 2.45) is 0 Å². The molecule has 1 aromatic carbocycles. The lowest BCUT2D eigenvalue weighted by Crippen LogP contribution is -2.34. The van der Waals surface area contributed by atoms with Gasteiger partial charge in [-0.05, 0) is 50.8 Å². The fraction of sp³-hybridized carbons (Fsp3) is 0.263. The number of rotatable bonds is 5. The van der Waals surface area contributed by atoms with E-state index in [2.05, 4.69) is 5.32 Å². The van der Waals surface area contributed by atoms with Gasteiger partial charge in [-0.2, -0.15) is 0 Å². The number of amides is 1. The number of nitrogens with one attached hydrogen (secondary N) is 1. The first-order chi connectivity index (χ1) is 12.4. The fourth-order valence-corrected chi connectivity index (χ4v) is 2.85. The Labute approximate surface area is 155 Å². The monoisotopic (exact) mass is 374 g/mol. The summed E-state index contributed by atoms with van der Waals surface area (Å²) in [6, 6.07) is 7.89. The normalized spacial score (nSPS) is 12.5. The highest BCUT2D eigenvalue weighted by atomic mass is 35.5. The van der Waals surface area contributed by atoms with Gasteiger partial charge in [-0.3, -0.25) is 14.5 Å². The van der Waals surface area contributed by atoms with Crippen molar-refractivity contribution in [3.63, 3.8) is 0 Å². The minimum Gasteiger partial charge on any atom is -0.468 e. The molecule has 0 saturated carbocycles. The SMILES string of the molecule is Cc1cc2oc(C(=O)NC[C@H](c3ccco3)N(C)C)cc(=O)c2cc1Cl. The lowest BCUT2D eigenvalue weighted by atomic mass is 10.1. The van der Waals surface area contributed by atoms with Crippen LogP contribution in [0.25, 0.3) is 11.0 Å². The molecule has 0 radical (unpaired) electrons. The van der Waals surface area contributed by atoms with Gasteiger partial charge in [-0.15, -0.1) is 0 Å². The second-order valence-corrected chi connectivity index (χ2v) is 6.68. The summed E-state index contributed by atoms with van der Waals surface area (Å²) in [6.45, 7) is 2.11. The van der Waals surface area contributed by atoms with Crippen molar-refractivity contribution in [3.8, 4) is 0 Å². The van der Waals surface area contributed by atoms with Crippen LogP contribution < -0.4 is 10.7 Å². The average Bonchev–Trinajstić information content (AvgIpc) is 3.10. The van der Waals surface area contributed by atoms with E-state index in [4.69, 9.17) is 20.4 Å². The molecule has 1 N–H and O–H groups in total. The third-order valence-electron chi connectivity index (χ3n) is 4.18. The van der Waals surface area contributed by atoms with Crippen molar-refractivity contribution in [2.75, 3.05) is 20.6 Å². The maximum atomic E-state index is 12.5. The summed E-state index contributed by atoms with van der Waals surface area (Å²) in [5, 5.41) is 3.61. The minimum atomic E-state index is -0.463. The van der Waals surface area contributed by atoms with Crippen molar-refractivity contribution < 1.29 is 13.6 Å². The molecule has 136 valence electrons. The molecule has 6 nitrogen and oxygen atoms in total. The number of hydrogen-bond donors (Lipinski definition) is 1. The van der Waals surface area contributed by atoms with Crippen molar-refractivity contribution >= 4 is 28.5 Å². The van der Waals surface area contributed by atoms with Crippen LogP contribution in [0.15, 0.2) is 50.2 Å². The highest BCUT2D eigenvalue weighted by Crippen LogP contribution is 2.22. The molecule has 0 bridgehead atoms. The molecule has 3 rings (SSSR count). The van der Waals surface area contributed by atoms with E-state index in [1.54, 1.807) is 31.4 Å². The van der Waals surface area contributed by atoms with Gasteiger partial charge >= 0.3 is 0 Å². The highest BCUT2D eigenvalue weighted by molar-refractivity contribution is 6.32. The fourth-order valence-electron chi connectivity index (χ4n) is 2.68. The maximum absolute atomic E-state index is 12.5. The number of fused-ring (bicyclic) bond motifs is 1. The smallest absolute Gasteiger partial charge is 0.287 e. The van der Waals surface area contributed by atoms with Crippen LogP contribution in [0.5, 0.6) is 0 Å². The number of furan rings is 1. The summed E-state index contributed by atoms with van der Waals surface area (Å²) in [5.74, 6) is 0.233. The van der Waals surface area contributed by atoms with Crippen molar-refractivity contribution in [1.82, 2.24) is 10.2 Å². The number of aryl methyl sites for hydroxylation is 1. The quantitative estimate of drug-likeness (QED) is 0.741. The lowest BCUT2D eigenvalue weighted by Gasteiger charge is -2.22. The van der Waals surface area contributed by atoms with Crippen LogP contribution in [0.3, 0.4) is 0 Å². The largest absolute Gasteiger partial charge is 0.468 e. The number of benzene rings is 1. The van der Waals surface area contributed by atoms with Gasteiger partial charge in [0.1, 0.15) is 11.3 Å². The molecule has 0 fully saturated rings. The first-order valence-electron chi connectivity index (χ1n) is 8.09. The van der Waals surface area contributed by atoms with E-state index in [9.17, 15) is 9.59 Å². The van der Waals surface area contributed by atoms with Crippen molar-refractivity contribution in [3.05, 3.63) is 68.9 Å². The van der Waals surface area contributed by atoms with E-state index in [0.29, 0.717) is 22.5 Å². The number of likely N-dealkylation sites (N-methyl/N-ethyl adjacent to an activating group) is 1. The molecule has 0 unspecified atom stereocenters. The molecular weight excluding hydrogens is 356 g/mol. The minimum absolute atomic E-state index is 0.0406. The Bertz CT molecular complexity index is 993. The molecule has 0 aliphatic rings. The van der Waals surface area contributed by atoms with Gasteiger partial charge in [0, 0.05) is 17.6 Å². The van der Waals surface area contributed by atoms with Gasteiger partial charge < -0.3 is 14.2 Å². The lowest BCUT2D eigenvalue weighted by molar-refractivity contribution is 0.0912. The van der Waals surface area contributed by atoms with Crippen LogP contribution in [0.2, 0.25) is 5.02 Å². The van der Waals surface area contributed by atoms with Crippen LogP contribution in [0.4, 0.5) is 0 Å². The summed E-state index contributed by atoms with van der Waals surface area (Å²) in [5.41, 5.74) is 0.790. The van der Waals surface area contributed by atoms with Crippen molar-refractivity contribution in [1.29, 1.82) is 0 Å². The zero-order valence-corrected chi connectivity index (χ0v) is 15.5. The Morgan fingerprint density at radius 1 is 1.31 bits per heavy atom. The highest BCUT2D eigenvalue weighted by Gasteiger charge is 2.20. The Balaban J connectivity index is 1.83. The summed E-state index contributed by atoms with van der Waals surface area (Å²) < 4.78 is 11.0. The number of hydrogen-bond acceptors (Lipinski definition) is 5. The van der Waals surface area contributed by atoms with E-state index < -0.39 is 5.91 Å². The van der Waals surface area contributed by atoms with Gasteiger partial charge in [0.25, 0.3) is 5.91 Å². The summed E-state index contributed by atoms with van der Waals surface area (Å²) in [4.78, 5) is 26.7. The molecule has 0 aliphatic heterocycles. The summed E-state index contributed by atoms with van der Waals surface area (Å²) >= 11 is 6.05. The van der Waals surface area contributed by atoms with Gasteiger partial charge in [0.05, 0.1) is 17.7 Å². The molecule has 2 aromatic heterocycles. The molecule has 3 aromatic rings. The number of carbonyl (C=O) groups excluding carboxylic acids is 1. The predicted molar refractivity (Wildman–Crippen MR) is 99.7 cm³/mol. The van der Waals surface area contributed by atoms with E-state index in [0.717, 1.165) is 11.3 Å². The van der Waals surface area contributed by atoms with Crippen LogP contribution >= 0.6 is 11.6 Å². The average molecular weight is 375 g/mol. The number of halogens is 1. The molecule has 0 saturated heterocycles. The molecule has 2 heterocycles. The molecule has 7 heteroatoms. The molecule has 26 heavy (non-hydrogen) atoms. The molecule has 1 atom stereocenters. The Hall–Kier alpha value is -2.57. The Kier molecular flexibility index (Phi) is 5.15. The zero-order valence-electron chi connectivity index (χ0n) is 14.7. The number of nitrogens with zero attached hydrogens (tertiary/aromatic N) is 1. The summed E-state index contributed by atoms with van der Waals surface area (Å²) in [6.07, 6.45) is 1.59. The topological polar surface area (TPSA) is 75.7 Å². The summed E-state index contributed by atoms with van der Waals surface area (Å²) in [7, 11) is 3.78. The first kappa shape index (κ1) is 18.2. The molecule has 0 spiro atoms. The van der Waals surface area contributed by atoms with Gasteiger partial charge in [0.15, 0.2) is 11.2 Å². The third-order valence-corrected chi connectivity index (χ3v) is 4.59. The van der Waals surface area contributed by atoms with Crippen molar-refractivity contribution in [2.45, 2.75) is 13.0 Å². The molecular formula is C19H19ClN2O4. The van der Waals surface area contributed by atoms with E-state index >= 15 is 0 Å². The zero-order chi connectivity index (χ0) is 18.8. The molecule has 1 amide bonds. The Morgan fingerprint density at radius 2 is 2.08 bits per heavy atom.